The summed E-state index contributed by atoms with van der Waals surface area (Å²) in [6, 6.07) is 0.231. The molecule has 1 aliphatic carbocycles. The molecule has 0 heterocycles. The van der Waals surface area contributed by atoms with Gasteiger partial charge in [0.1, 0.15) is 0 Å². The fourth-order valence-corrected chi connectivity index (χ4v) is 0.958. The van der Waals surface area contributed by atoms with Crippen LogP contribution in [-0.4, -0.2) is 20.7 Å². The van der Waals surface area contributed by atoms with Gasteiger partial charge < -0.3 is 20.4 Å². The van der Waals surface area contributed by atoms with Gasteiger partial charge in [0.05, 0.1) is 0 Å². The van der Waals surface area contributed by atoms with E-state index in [0.717, 1.165) is 0 Å². The summed E-state index contributed by atoms with van der Waals surface area (Å²) in [6.07, 6.45) is 6.19. The summed E-state index contributed by atoms with van der Waals surface area (Å²) in [5.74, 6) is 0.523. The average Bonchev–Trinajstić information content (AvgIpc) is 1.97. The van der Waals surface area contributed by atoms with Crippen molar-refractivity contribution in [2.24, 2.45) is 11.7 Å². The normalized spacial score (nSPS) is 26.3. The number of hydrogen-bond acceptors (Lipinski definition) is 2. The van der Waals surface area contributed by atoms with Crippen molar-refractivity contribution >= 4 is 7.82 Å². The van der Waals surface area contributed by atoms with Crippen LogP contribution in [0.5, 0.6) is 0 Å². The molecule has 2 atom stereocenters. The summed E-state index contributed by atoms with van der Waals surface area (Å²) in [6.45, 7) is 4.27. The second-order valence-electron chi connectivity index (χ2n) is 3.17. The molecule has 1 rings (SSSR count). The largest absolute Gasteiger partial charge is 0.466 e. The molecule has 0 aromatic heterocycles. The van der Waals surface area contributed by atoms with Crippen LogP contribution in [0.3, 0.4) is 0 Å². The third-order valence-corrected chi connectivity index (χ3v) is 1.99. The minimum Gasteiger partial charge on any atom is -0.324 e. The van der Waals surface area contributed by atoms with E-state index >= 15 is 0 Å². The maximum Gasteiger partial charge on any atom is 0.466 e. The van der Waals surface area contributed by atoms with E-state index < -0.39 is 7.82 Å². The van der Waals surface area contributed by atoms with Gasteiger partial charge in [-0.2, -0.15) is 0 Å². The molecule has 0 amide bonds. The van der Waals surface area contributed by atoms with Gasteiger partial charge in [-0.25, -0.2) is 4.57 Å². The highest BCUT2D eigenvalue weighted by Crippen LogP contribution is 2.25. The van der Waals surface area contributed by atoms with Gasteiger partial charge in [0, 0.05) is 6.04 Å². The van der Waals surface area contributed by atoms with E-state index in [2.05, 4.69) is 19.9 Å². The SMILES string of the molecule is CC1=CC=CC(N)C1C.O=P(O)(O)O. The van der Waals surface area contributed by atoms with Gasteiger partial charge in [-0.05, 0) is 12.8 Å². The van der Waals surface area contributed by atoms with Crippen LogP contribution in [0.15, 0.2) is 23.8 Å². The predicted molar refractivity (Wildman–Crippen MR) is 54.3 cm³/mol. The number of rotatable bonds is 0. The van der Waals surface area contributed by atoms with Crippen LogP contribution in [0.2, 0.25) is 0 Å². The van der Waals surface area contributed by atoms with E-state index in [4.69, 9.17) is 25.0 Å². The van der Waals surface area contributed by atoms with Crippen molar-refractivity contribution in [3.05, 3.63) is 23.8 Å². The monoisotopic (exact) mass is 221 g/mol. The summed E-state index contributed by atoms with van der Waals surface area (Å²) in [5, 5.41) is 0. The number of hydrogen-bond donors (Lipinski definition) is 4. The lowest BCUT2D eigenvalue weighted by Gasteiger charge is -2.19. The minimum atomic E-state index is -4.64. The summed E-state index contributed by atoms with van der Waals surface area (Å²) >= 11 is 0. The van der Waals surface area contributed by atoms with Crippen molar-refractivity contribution in [3.8, 4) is 0 Å². The van der Waals surface area contributed by atoms with Gasteiger partial charge >= 0.3 is 7.82 Å². The van der Waals surface area contributed by atoms with Crippen molar-refractivity contribution < 1.29 is 19.2 Å². The standard InChI is InChI=1S/C8H13N.H3O4P/c1-6-4-3-5-8(9)7(6)2;1-5(2,3)4/h3-5,7-8H,9H2,1-2H3;(H3,1,2,3,4). The van der Waals surface area contributed by atoms with Crippen LogP contribution in [0.4, 0.5) is 0 Å². The third kappa shape index (κ3) is 7.00. The Hall–Kier alpha value is -0.450. The number of nitrogens with two attached hydrogens (primary N) is 1. The molecule has 1 aliphatic rings. The summed E-state index contributed by atoms with van der Waals surface area (Å²) in [4.78, 5) is 21.6. The van der Waals surface area contributed by atoms with E-state index in [1.807, 2.05) is 12.2 Å². The molecule has 0 spiro atoms. The van der Waals surface area contributed by atoms with Gasteiger partial charge in [-0.15, -0.1) is 0 Å². The van der Waals surface area contributed by atoms with Crippen LogP contribution in [0.25, 0.3) is 0 Å². The molecule has 5 nitrogen and oxygen atoms in total. The van der Waals surface area contributed by atoms with Crippen LogP contribution in [0.1, 0.15) is 13.8 Å². The summed E-state index contributed by atoms with van der Waals surface area (Å²) in [5.41, 5.74) is 7.12. The molecule has 2 unspecified atom stereocenters. The second kappa shape index (κ2) is 5.44. The molecule has 0 aliphatic heterocycles. The highest BCUT2D eigenvalue weighted by atomic mass is 31.2. The maximum absolute atomic E-state index is 8.88. The second-order valence-corrected chi connectivity index (χ2v) is 4.20. The Bertz CT molecular complexity index is 273. The van der Waals surface area contributed by atoms with E-state index in [1.165, 1.54) is 5.57 Å². The quantitative estimate of drug-likeness (QED) is 0.447. The Morgan fingerprint density at radius 3 is 2.14 bits per heavy atom. The highest BCUT2D eigenvalue weighted by molar-refractivity contribution is 7.45. The fourth-order valence-electron chi connectivity index (χ4n) is 0.958. The first-order chi connectivity index (χ1) is 6.22. The molecule has 6 heteroatoms. The van der Waals surface area contributed by atoms with Crippen molar-refractivity contribution in [1.29, 1.82) is 0 Å². The van der Waals surface area contributed by atoms with Gasteiger partial charge in [0.25, 0.3) is 0 Å². The Morgan fingerprint density at radius 1 is 1.43 bits per heavy atom. The molecular weight excluding hydrogens is 205 g/mol. The molecule has 0 saturated carbocycles. The minimum absolute atomic E-state index is 0.231. The van der Waals surface area contributed by atoms with Gasteiger partial charge in [-0.3, -0.25) is 0 Å². The Kier molecular flexibility index (Phi) is 5.26. The summed E-state index contributed by atoms with van der Waals surface area (Å²) < 4.78 is 8.88. The smallest absolute Gasteiger partial charge is 0.324 e. The molecule has 14 heavy (non-hydrogen) atoms. The molecule has 0 fully saturated rings. The lowest BCUT2D eigenvalue weighted by Crippen LogP contribution is -2.27. The molecule has 0 bridgehead atoms. The average molecular weight is 221 g/mol. The highest BCUT2D eigenvalue weighted by Gasteiger charge is 2.12. The molecule has 0 radical (unpaired) electrons. The Balaban J connectivity index is 0.000000292. The van der Waals surface area contributed by atoms with Crippen LogP contribution in [-0.2, 0) is 4.57 Å². The number of phosphoric acid groups is 1. The van der Waals surface area contributed by atoms with E-state index in [1.54, 1.807) is 0 Å². The Morgan fingerprint density at radius 2 is 1.86 bits per heavy atom. The molecule has 0 saturated heterocycles. The number of allylic oxidation sites excluding steroid dienone is 2. The van der Waals surface area contributed by atoms with Crippen LogP contribution < -0.4 is 5.73 Å². The lowest BCUT2D eigenvalue weighted by atomic mass is 9.91. The zero-order chi connectivity index (χ0) is 11.4. The molecule has 0 aromatic rings. The van der Waals surface area contributed by atoms with E-state index in [0.29, 0.717) is 5.92 Å². The topological polar surface area (TPSA) is 104 Å². The van der Waals surface area contributed by atoms with E-state index in [-0.39, 0.29) is 6.04 Å². The van der Waals surface area contributed by atoms with Gasteiger partial charge in [0.2, 0.25) is 0 Å². The summed E-state index contributed by atoms with van der Waals surface area (Å²) in [7, 11) is -4.64. The predicted octanol–water partition coefficient (Wildman–Crippen LogP) is 0.537. The zero-order valence-electron chi connectivity index (χ0n) is 8.16. The van der Waals surface area contributed by atoms with Crippen molar-refractivity contribution in [2.75, 3.05) is 0 Å². The van der Waals surface area contributed by atoms with Crippen LogP contribution in [0, 0.1) is 5.92 Å². The van der Waals surface area contributed by atoms with Crippen LogP contribution >= 0.6 is 7.82 Å². The molecule has 0 aromatic carbocycles. The van der Waals surface area contributed by atoms with Crippen molar-refractivity contribution in [2.45, 2.75) is 19.9 Å². The van der Waals surface area contributed by atoms with E-state index in [9.17, 15) is 0 Å². The lowest BCUT2D eigenvalue weighted by molar-refractivity contribution is 0.275. The van der Waals surface area contributed by atoms with Gasteiger partial charge in [-0.1, -0.05) is 30.7 Å². The first-order valence-electron chi connectivity index (χ1n) is 4.10. The fraction of sp³-hybridized carbons (Fsp3) is 0.500. The molecular formula is C8H16NO4P. The first-order valence-corrected chi connectivity index (χ1v) is 5.67. The zero-order valence-corrected chi connectivity index (χ0v) is 9.06. The third-order valence-electron chi connectivity index (χ3n) is 1.99. The maximum atomic E-state index is 8.88. The molecule has 5 N–H and O–H groups in total. The Labute approximate surface area is 83.2 Å². The first kappa shape index (κ1) is 13.5. The molecule has 82 valence electrons. The van der Waals surface area contributed by atoms with Gasteiger partial charge in [0.15, 0.2) is 0 Å². The van der Waals surface area contributed by atoms with Crippen molar-refractivity contribution in [1.82, 2.24) is 0 Å². The van der Waals surface area contributed by atoms with Crippen molar-refractivity contribution in [3.63, 3.8) is 0 Å².